The number of carbonyl (C=O) groups is 1. The lowest BCUT2D eigenvalue weighted by atomic mass is 10.0. The number of hydrogen-bond donors (Lipinski definition) is 0. The molecule has 0 N–H and O–H groups in total. The third-order valence-corrected chi connectivity index (χ3v) is 3.04. The molecule has 3 rings (SSSR count). The lowest BCUT2D eigenvalue weighted by Crippen LogP contribution is -2.05. The lowest BCUT2D eigenvalue weighted by molar-refractivity contribution is 0.103. The summed E-state index contributed by atoms with van der Waals surface area (Å²) in [6, 6.07) is 11.3. The van der Waals surface area contributed by atoms with Crippen LogP contribution < -0.4 is 0 Å². The summed E-state index contributed by atoms with van der Waals surface area (Å²) in [6.45, 7) is 0. The standard InChI is InChI=1S/C16H9F2NO/c17-12-4-5-14(18)13(9-12)16(20)11-3-6-15-10(8-11)2-1-7-19-15/h1-9H. The molecule has 0 spiro atoms. The molecule has 0 radical (unpaired) electrons. The molecule has 1 aromatic heterocycles. The van der Waals surface area contributed by atoms with Gasteiger partial charge in [-0.25, -0.2) is 8.78 Å². The first-order valence-corrected chi connectivity index (χ1v) is 6.00. The van der Waals surface area contributed by atoms with Crippen LogP contribution in [-0.4, -0.2) is 10.8 Å². The van der Waals surface area contributed by atoms with Gasteiger partial charge in [-0.1, -0.05) is 6.07 Å². The third-order valence-electron chi connectivity index (χ3n) is 3.04. The van der Waals surface area contributed by atoms with Crippen LogP contribution in [0.1, 0.15) is 15.9 Å². The predicted octanol–water partition coefficient (Wildman–Crippen LogP) is 3.74. The lowest BCUT2D eigenvalue weighted by Gasteiger charge is -2.04. The fourth-order valence-corrected chi connectivity index (χ4v) is 2.04. The van der Waals surface area contributed by atoms with Gasteiger partial charge >= 0.3 is 0 Å². The van der Waals surface area contributed by atoms with E-state index in [0.717, 1.165) is 29.1 Å². The van der Waals surface area contributed by atoms with Gasteiger partial charge in [0.15, 0.2) is 5.78 Å². The van der Waals surface area contributed by atoms with E-state index in [9.17, 15) is 13.6 Å². The highest BCUT2D eigenvalue weighted by Gasteiger charge is 2.15. The molecule has 98 valence electrons. The fraction of sp³-hybridized carbons (Fsp3) is 0. The molecular formula is C16H9F2NO. The number of halogens is 2. The number of nitrogens with zero attached hydrogens (tertiary/aromatic N) is 1. The van der Waals surface area contributed by atoms with E-state index in [0.29, 0.717) is 5.56 Å². The van der Waals surface area contributed by atoms with Gasteiger partial charge in [0.05, 0.1) is 11.1 Å². The number of rotatable bonds is 2. The van der Waals surface area contributed by atoms with Crippen molar-refractivity contribution in [2.24, 2.45) is 0 Å². The Morgan fingerprint density at radius 3 is 2.70 bits per heavy atom. The molecule has 0 bridgehead atoms. The second-order valence-corrected chi connectivity index (χ2v) is 4.36. The highest BCUT2D eigenvalue weighted by Crippen LogP contribution is 2.19. The summed E-state index contributed by atoms with van der Waals surface area (Å²) < 4.78 is 26.8. The molecule has 1 heterocycles. The second-order valence-electron chi connectivity index (χ2n) is 4.36. The van der Waals surface area contributed by atoms with Gasteiger partial charge in [0.2, 0.25) is 0 Å². The first-order valence-electron chi connectivity index (χ1n) is 6.00. The van der Waals surface area contributed by atoms with Gasteiger partial charge in [0, 0.05) is 17.1 Å². The largest absolute Gasteiger partial charge is 0.288 e. The second kappa shape index (κ2) is 4.81. The molecule has 3 aromatic rings. The van der Waals surface area contributed by atoms with Gasteiger partial charge in [-0.15, -0.1) is 0 Å². The highest BCUT2D eigenvalue weighted by atomic mass is 19.1. The van der Waals surface area contributed by atoms with E-state index in [4.69, 9.17) is 0 Å². The van der Waals surface area contributed by atoms with Crippen molar-refractivity contribution in [1.82, 2.24) is 4.98 Å². The maximum absolute atomic E-state index is 13.6. The van der Waals surface area contributed by atoms with Crippen molar-refractivity contribution >= 4 is 16.7 Å². The minimum Gasteiger partial charge on any atom is -0.288 e. The minimum atomic E-state index is -0.734. The first kappa shape index (κ1) is 12.4. The van der Waals surface area contributed by atoms with Crippen molar-refractivity contribution in [3.05, 3.63) is 77.5 Å². The van der Waals surface area contributed by atoms with Gasteiger partial charge < -0.3 is 0 Å². The summed E-state index contributed by atoms with van der Waals surface area (Å²) in [6.07, 6.45) is 1.65. The molecule has 2 aromatic carbocycles. The van der Waals surface area contributed by atoms with E-state index in [2.05, 4.69) is 4.98 Å². The van der Waals surface area contributed by atoms with Gasteiger partial charge in [-0.2, -0.15) is 0 Å². The summed E-state index contributed by atoms with van der Waals surface area (Å²) in [4.78, 5) is 16.4. The number of fused-ring (bicyclic) bond motifs is 1. The maximum Gasteiger partial charge on any atom is 0.196 e. The molecule has 0 amide bonds. The van der Waals surface area contributed by atoms with Crippen molar-refractivity contribution in [3.63, 3.8) is 0 Å². The molecule has 0 unspecified atom stereocenters. The molecule has 0 saturated carbocycles. The minimum absolute atomic E-state index is 0.270. The van der Waals surface area contributed by atoms with Crippen LogP contribution in [0.4, 0.5) is 8.78 Å². The molecule has 4 heteroatoms. The third kappa shape index (κ3) is 2.16. The quantitative estimate of drug-likeness (QED) is 0.663. The van der Waals surface area contributed by atoms with Gasteiger partial charge in [-0.3, -0.25) is 9.78 Å². The molecule has 0 aliphatic rings. The molecule has 0 aliphatic heterocycles. The Morgan fingerprint density at radius 1 is 1.00 bits per heavy atom. The Labute approximate surface area is 113 Å². The Bertz CT molecular complexity index is 814. The van der Waals surface area contributed by atoms with Crippen LogP contribution in [0.25, 0.3) is 10.9 Å². The topological polar surface area (TPSA) is 30.0 Å². The zero-order chi connectivity index (χ0) is 14.1. The summed E-state index contributed by atoms with van der Waals surface area (Å²) in [7, 11) is 0. The van der Waals surface area contributed by atoms with E-state index in [1.165, 1.54) is 0 Å². The van der Waals surface area contributed by atoms with Crippen LogP contribution in [0.2, 0.25) is 0 Å². The molecule has 0 fully saturated rings. The number of hydrogen-bond acceptors (Lipinski definition) is 2. The number of carbonyl (C=O) groups excluding carboxylic acids is 1. The monoisotopic (exact) mass is 269 g/mol. The number of aromatic nitrogens is 1. The maximum atomic E-state index is 13.6. The Balaban J connectivity index is 2.10. The van der Waals surface area contributed by atoms with Crippen molar-refractivity contribution in [1.29, 1.82) is 0 Å². The molecule has 0 aliphatic carbocycles. The predicted molar refractivity (Wildman–Crippen MR) is 71.5 cm³/mol. The molecule has 2 nitrogen and oxygen atoms in total. The van der Waals surface area contributed by atoms with Crippen molar-refractivity contribution in [2.45, 2.75) is 0 Å². The molecular weight excluding hydrogens is 260 g/mol. The van der Waals surface area contributed by atoms with Gasteiger partial charge in [0.25, 0.3) is 0 Å². The summed E-state index contributed by atoms with van der Waals surface area (Å²) >= 11 is 0. The SMILES string of the molecule is O=C(c1ccc2ncccc2c1)c1cc(F)ccc1F. The first-order chi connectivity index (χ1) is 9.65. The van der Waals surface area contributed by atoms with Gasteiger partial charge in [0.1, 0.15) is 11.6 Å². The molecule has 20 heavy (non-hydrogen) atoms. The summed E-state index contributed by atoms with van der Waals surface area (Å²) in [5, 5.41) is 0.773. The molecule has 0 atom stereocenters. The molecule has 0 saturated heterocycles. The van der Waals surface area contributed by atoms with E-state index in [1.807, 2.05) is 0 Å². The van der Waals surface area contributed by atoms with Gasteiger partial charge in [-0.05, 0) is 42.5 Å². The van der Waals surface area contributed by atoms with E-state index in [-0.39, 0.29) is 5.56 Å². The Hall–Kier alpha value is -2.62. The average Bonchev–Trinajstić information content (AvgIpc) is 2.48. The smallest absolute Gasteiger partial charge is 0.196 e. The Kier molecular flexibility index (Phi) is 2.99. The van der Waals surface area contributed by atoms with E-state index in [1.54, 1.807) is 36.5 Å². The van der Waals surface area contributed by atoms with Crippen molar-refractivity contribution < 1.29 is 13.6 Å². The zero-order valence-corrected chi connectivity index (χ0v) is 10.3. The van der Waals surface area contributed by atoms with E-state index >= 15 is 0 Å². The summed E-state index contributed by atoms with van der Waals surface area (Å²) in [5.74, 6) is -1.92. The van der Waals surface area contributed by atoms with Crippen LogP contribution >= 0.6 is 0 Å². The van der Waals surface area contributed by atoms with Crippen molar-refractivity contribution in [2.75, 3.05) is 0 Å². The van der Waals surface area contributed by atoms with Crippen LogP contribution in [0.5, 0.6) is 0 Å². The van der Waals surface area contributed by atoms with Crippen LogP contribution in [0.3, 0.4) is 0 Å². The van der Waals surface area contributed by atoms with E-state index < -0.39 is 17.4 Å². The van der Waals surface area contributed by atoms with Crippen molar-refractivity contribution in [3.8, 4) is 0 Å². The summed E-state index contributed by atoms with van der Waals surface area (Å²) in [5.41, 5.74) is 0.770. The van der Waals surface area contributed by atoms with Crippen LogP contribution in [0.15, 0.2) is 54.7 Å². The van der Waals surface area contributed by atoms with Crippen LogP contribution in [0, 0.1) is 11.6 Å². The number of pyridine rings is 1. The zero-order valence-electron chi connectivity index (χ0n) is 10.3. The highest BCUT2D eigenvalue weighted by molar-refractivity contribution is 6.10. The number of ketones is 1. The van der Waals surface area contributed by atoms with Crippen LogP contribution in [-0.2, 0) is 0 Å². The normalized spacial score (nSPS) is 10.7. The fourth-order valence-electron chi connectivity index (χ4n) is 2.04. The number of benzene rings is 2. The average molecular weight is 269 g/mol. The Morgan fingerprint density at radius 2 is 1.85 bits per heavy atom.